The van der Waals surface area contributed by atoms with Crippen LogP contribution in [0.3, 0.4) is 0 Å². The summed E-state index contributed by atoms with van der Waals surface area (Å²) in [6, 6.07) is 0. The fourth-order valence-electron chi connectivity index (χ4n) is 4.22. The van der Waals surface area contributed by atoms with Crippen molar-refractivity contribution in [3.05, 3.63) is 12.4 Å². The van der Waals surface area contributed by atoms with Crippen LogP contribution in [0.15, 0.2) is 12.4 Å². The maximum Gasteiger partial charge on any atom is 0.0726 e. The van der Waals surface area contributed by atoms with Crippen LogP contribution in [0.4, 0.5) is 5.69 Å². The zero-order valence-electron chi connectivity index (χ0n) is 13.2. The Morgan fingerprint density at radius 2 is 2.29 bits per heavy atom. The number of aliphatic hydroxyl groups excluding tert-OH is 1. The first-order valence-electron chi connectivity index (χ1n) is 8.24. The van der Waals surface area contributed by atoms with Crippen molar-refractivity contribution < 1.29 is 5.11 Å². The minimum Gasteiger partial charge on any atom is -0.392 e. The molecule has 0 radical (unpaired) electrons. The molecule has 0 amide bonds. The number of aliphatic hydroxyl groups is 1. The molecule has 1 saturated heterocycles. The quantitative estimate of drug-likeness (QED) is 0.865. The summed E-state index contributed by atoms with van der Waals surface area (Å²) in [5.41, 5.74) is 1.12. The Labute approximate surface area is 127 Å². The average Bonchev–Trinajstić information content (AvgIpc) is 3.01. The highest BCUT2D eigenvalue weighted by molar-refractivity contribution is 5.38. The van der Waals surface area contributed by atoms with E-state index >= 15 is 0 Å². The third-order valence-electron chi connectivity index (χ3n) is 5.12. The van der Waals surface area contributed by atoms with E-state index in [4.69, 9.17) is 0 Å². The molecule has 1 aliphatic carbocycles. The topological polar surface area (TPSA) is 53.3 Å². The van der Waals surface area contributed by atoms with Gasteiger partial charge in [-0.1, -0.05) is 6.42 Å². The van der Waals surface area contributed by atoms with E-state index in [0.717, 1.165) is 43.1 Å². The van der Waals surface area contributed by atoms with Crippen molar-refractivity contribution in [2.24, 2.45) is 24.8 Å². The first-order chi connectivity index (χ1) is 10.1. The number of aryl methyl sites for hydroxylation is 1. The number of β-amino-alcohol motifs (C(OH)–C–C–N with tert-alkyl or cyclic N) is 1. The minimum absolute atomic E-state index is 0.211. The van der Waals surface area contributed by atoms with Crippen LogP contribution in [0.1, 0.15) is 26.2 Å². The van der Waals surface area contributed by atoms with Gasteiger partial charge >= 0.3 is 0 Å². The molecule has 0 unspecified atom stereocenters. The Bertz CT molecular complexity index is 459. The molecule has 0 spiro atoms. The predicted octanol–water partition coefficient (Wildman–Crippen LogP) is 1.56. The zero-order chi connectivity index (χ0) is 14.8. The van der Waals surface area contributed by atoms with Gasteiger partial charge in [0.15, 0.2) is 0 Å². The highest BCUT2D eigenvalue weighted by atomic mass is 16.3. The third kappa shape index (κ3) is 3.58. The van der Waals surface area contributed by atoms with Gasteiger partial charge in [0.2, 0.25) is 0 Å². The molecule has 21 heavy (non-hydrogen) atoms. The van der Waals surface area contributed by atoms with E-state index in [9.17, 15) is 5.11 Å². The van der Waals surface area contributed by atoms with Gasteiger partial charge < -0.3 is 15.3 Å². The van der Waals surface area contributed by atoms with E-state index < -0.39 is 0 Å². The molecule has 5 nitrogen and oxygen atoms in total. The molecular formula is C16H28N4O. The van der Waals surface area contributed by atoms with Gasteiger partial charge in [-0.3, -0.25) is 4.68 Å². The molecular weight excluding hydrogens is 264 g/mol. The summed E-state index contributed by atoms with van der Waals surface area (Å²) in [5.74, 6) is 2.38. The average molecular weight is 292 g/mol. The number of likely N-dealkylation sites (tertiary alicyclic amines) is 1. The van der Waals surface area contributed by atoms with Crippen molar-refractivity contribution in [3.8, 4) is 0 Å². The van der Waals surface area contributed by atoms with E-state index in [1.54, 1.807) is 0 Å². The fraction of sp³-hybridized carbons (Fsp3) is 0.812. The molecule has 1 saturated carbocycles. The molecule has 3 rings (SSSR count). The zero-order valence-corrected chi connectivity index (χ0v) is 13.2. The highest BCUT2D eigenvalue weighted by Crippen LogP contribution is 2.40. The maximum atomic E-state index is 9.60. The molecule has 5 heteroatoms. The SMILES string of the molecule is C[C@@H](O)CN1C[C@H]2CCC[C@@H](CNc3cnn(C)c3)[C@H]2C1. The number of anilines is 1. The van der Waals surface area contributed by atoms with Crippen LogP contribution >= 0.6 is 0 Å². The molecule has 1 aliphatic heterocycles. The monoisotopic (exact) mass is 292 g/mol. The van der Waals surface area contributed by atoms with E-state index in [2.05, 4.69) is 15.3 Å². The second-order valence-corrected chi connectivity index (χ2v) is 6.97. The van der Waals surface area contributed by atoms with E-state index in [1.165, 1.54) is 25.8 Å². The molecule has 2 aliphatic rings. The molecule has 0 aromatic carbocycles. The third-order valence-corrected chi connectivity index (χ3v) is 5.12. The first kappa shape index (κ1) is 14.9. The van der Waals surface area contributed by atoms with Gasteiger partial charge in [-0.15, -0.1) is 0 Å². The van der Waals surface area contributed by atoms with Gasteiger partial charge in [-0.2, -0.15) is 5.10 Å². The van der Waals surface area contributed by atoms with Gasteiger partial charge in [0.05, 0.1) is 18.0 Å². The van der Waals surface area contributed by atoms with Crippen LogP contribution in [0.2, 0.25) is 0 Å². The molecule has 118 valence electrons. The van der Waals surface area contributed by atoms with Crippen molar-refractivity contribution in [1.82, 2.24) is 14.7 Å². The van der Waals surface area contributed by atoms with Crippen molar-refractivity contribution in [3.63, 3.8) is 0 Å². The van der Waals surface area contributed by atoms with Crippen molar-refractivity contribution in [1.29, 1.82) is 0 Å². The Kier molecular flexibility index (Phi) is 4.50. The maximum absolute atomic E-state index is 9.60. The highest BCUT2D eigenvalue weighted by Gasteiger charge is 2.39. The first-order valence-corrected chi connectivity index (χ1v) is 8.24. The number of hydrogen-bond donors (Lipinski definition) is 2. The molecule has 1 aromatic rings. The summed E-state index contributed by atoms with van der Waals surface area (Å²) in [5, 5.41) is 17.4. The second kappa shape index (κ2) is 6.36. The van der Waals surface area contributed by atoms with Crippen LogP contribution < -0.4 is 5.32 Å². The summed E-state index contributed by atoms with van der Waals surface area (Å²) in [6.45, 7) is 6.11. The normalized spacial score (nSPS) is 31.1. The molecule has 0 bridgehead atoms. The molecule has 2 fully saturated rings. The second-order valence-electron chi connectivity index (χ2n) is 6.97. The lowest BCUT2D eigenvalue weighted by atomic mass is 9.74. The summed E-state index contributed by atoms with van der Waals surface area (Å²) in [4.78, 5) is 2.46. The number of hydrogen-bond acceptors (Lipinski definition) is 4. The van der Waals surface area contributed by atoms with Gasteiger partial charge in [0.25, 0.3) is 0 Å². The van der Waals surface area contributed by atoms with Crippen LogP contribution in [-0.2, 0) is 7.05 Å². The van der Waals surface area contributed by atoms with Crippen LogP contribution in [-0.4, -0.2) is 52.1 Å². The lowest BCUT2D eigenvalue weighted by Crippen LogP contribution is -2.32. The predicted molar refractivity (Wildman–Crippen MR) is 84.1 cm³/mol. The molecule has 2 N–H and O–H groups in total. The Balaban J connectivity index is 1.55. The number of aromatic nitrogens is 2. The van der Waals surface area contributed by atoms with Gasteiger partial charge in [0, 0.05) is 39.4 Å². The Morgan fingerprint density at radius 3 is 3.00 bits per heavy atom. The van der Waals surface area contributed by atoms with E-state index in [0.29, 0.717) is 0 Å². The smallest absolute Gasteiger partial charge is 0.0726 e. The summed E-state index contributed by atoms with van der Waals surface area (Å²) >= 11 is 0. The number of fused-ring (bicyclic) bond motifs is 1. The summed E-state index contributed by atoms with van der Waals surface area (Å²) in [7, 11) is 1.95. The fourth-order valence-corrected chi connectivity index (χ4v) is 4.22. The number of nitrogens with zero attached hydrogens (tertiary/aromatic N) is 3. The van der Waals surface area contributed by atoms with E-state index in [1.807, 2.05) is 31.0 Å². The van der Waals surface area contributed by atoms with Crippen molar-refractivity contribution >= 4 is 5.69 Å². The Hall–Kier alpha value is -1.07. The van der Waals surface area contributed by atoms with Gasteiger partial charge in [-0.25, -0.2) is 0 Å². The molecule has 1 aromatic heterocycles. The molecule has 2 heterocycles. The minimum atomic E-state index is -0.211. The summed E-state index contributed by atoms with van der Waals surface area (Å²) in [6.07, 6.45) is 7.77. The summed E-state index contributed by atoms with van der Waals surface area (Å²) < 4.78 is 1.84. The van der Waals surface area contributed by atoms with E-state index in [-0.39, 0.29) is 6.10 Å². The van der Waals surface area contributed by atoms with Crippen LogP contribution in [0, 0.1) is 17.8 Å². The number of nitrogens with one attached hydrogen (secondary N) is 1. The lowest BCUT2D eigenvalue weighted by molar-refractivity contribution is 0.136. The van der Waals surface area contributed by atoms with Gasteiger partial charge in [0.1, 0.15) is 0 Å². The van der Waals surface area contributed by atoms with Crippen molar-refractivity contribution in [2.75, 3.05) is 31.5 Å². The molecule has 4 atom stereocenters. The number of rotatable bonds is 5. The van der Waals surface area contributed by atoms with Crippen LogP contribution in [0.25, 0.3) is 0 Å². The van der Waals surface area contributed by atoms with Crippen molar-refractivity contribution in [2.45, 2.75) is 32.3 Å². The standard InChI is InChI=1S/C16H28N4O/c1-12(21)8-20-9-14-5-3-4-13(16(14)11-20)6-17-15-7-18-19(2)10-15/h7,10,12-14,16-17,21H,3-6,8-9,11H2,1-2H3/t12-,13+,14-,16-/m1/s1. The van der Waals surface area contributed by atoms with Gasteiger partial charge in [-0.05, 0) is 37.5 Å². The Morgan fingerprint density at radius 1 is 1.43 bits per heavy atom. The lowest BCUT2D eigenvalue weighted by Gasteiger charge is -2.33. The largest absolute Gasteiger partial charge is 0.392 e. The van der Waals surface area contributed by atoms with Crippen LogP contribution in [0.5, 0.6) is 0 Å².